The maximum atomic E-state index is 12.9. The Morgan fingerprint density at radius 2 is 1.89 bits per heavy atom. The molecule has 2 saturated heterocycles. The topological polar surface area (TPSA) is 43.8 Å². The second kappa shape index (κ2) is 9.17. The summed E-state index contributed by atoms with van der Waals surface area (Å²) in [6, 6.07) is 6.14. The van der Waals surface area contributed by atoms with Crippen LogP contribution in [0.2, 0.25) is 0 Å². The summed E-state index contributed by atoms with van der Waals surface area (Å²) < 4.78 is 0.686. The van der Waals surface area contributed by atoms with Crippen LogP contribution >= 0.6 is 15.9 Å². The highest BCUT2D eigenvalue weighted by atomic mass is 79.9. The normalized spacial score (nSPS) is 22.2. The van der Waals surface area contributed by atoms with Gasteiger partial charge in [-0.15, -0.1) is 0 Å². The van der Waals surface area contributed by atoms with Gasteiger partial charge >= 0.3 is 0 Å². The smallest absolute Gasteiger partial charge is 0.225 e. The van der Waals surface area contributed by atoms with E-state index in [0.29, 0.717) is 22.4 Å². The number of amides is 1. The van der Waals surface area contributed by atoms with Crippen LogP contribution in [0.4, 0.5) is 0 Å². The van der Waals surface area contributed by atoms with Crippen molar-refractivity contribution in [3.05, 3.63) is 28.2 Å². The average Bonchev–Trinajstić information content (AvgIpc) is 2.71. The number of halogens is 1. The van der Waals surface area contributed by atoms with Crippen molar-refractivity contribution in [3.8, 4) is 5.75 Å². The summed E-state index contributed by atoms with van der Waals surface area (Å²) in [5.74, 6) is 0.467. The van der Waals surface area contributed by atoms with Gasteiger partial charge in [0.15, 0.2) is 0 Å². The second-order valence-electron chi connectivity index (χ2n) is 9.15. The van der Waals surface area contributed by atoms with Gasteiger partial charge in [0.2, 0.25) is 5.91 Å². The van der Waals surface area contributed by atoms with Crippen molar-refractivity contribution in [2.24, 2.45) is 11.3 Å². The first-order valence-corrected chi connectivity index (χ1v) is 11.6. The zero-order chi connectivity index (χ0) is 20.3. The first kappa shape index (κ1) is 21.6. The van der Waals surface area contributed by atoms with Crippen molar-refractivity contribution in [1.29, 1.82) is 0 Å². The number of phenolic OH excluding ortho intramolecular Hbond substituents is 1. The van der Waals surface area contributed by atoms with E-state index in [2.05, 4.69) is 39.6 Å². The lowest BCUT2D eigenvalue weighted by atomic mass is 9.77. The first-order valence-electron chi connectivity index (χ1n) is 10.8. The first-order chi connectivity index (χ1) is 13.3. The maximum absolute atomic E-state index is 12.9. The molecular formula is C23H35BrN2O2. The molecule has 1 amide bonds. The minimum absolute atomic E-state index is 0.0340. The van der Waals surface area contributed by atoms with E-state index in [1.807, 2.05) is 19.1 Å². The van der Waals surface area contributed by atoms with Gasteiger partial charge in [-0.1, -0.05) is 33.3 Å². The zero-order valence-corrected chi connectivity index (χ0v) is 19.2. The predicted octanol–water partition coefficient (Wildman–Crippen LogP) is 4.84. The SMILES string of the molecule is CCC1(C)CCN(C2CCN(C(=O)[C@H](C)Cc3ccc(O)c(Br)c3)CC2)CC1. The molecule has 2 fully saturated rings. The summed E-state index contributed by atoms with van der Waals surface area (Å²) in [6.45, 7) is 11.0. The molecule has 28 heavy (non-hydrogen) atoms. The fraction of sp³-hybridized carbons (Fsp3) is 0.696. The quantitative estimate of drug-likeness (QED) is 0.697. The Morgan fingerprint density at radius 1 is 1.25 bits per heavy atom. The van der Waals surface area contributed by atoms with Crippen molar-refractivity contribution in [1.82, 2.24) is 9.80 Å². The largest absolute Gasteiger partial charge is 0.507 e. The molecule has 1 aromatic rings. The number of benzene rings is 1. The van der Waals surface area contributed by atoms with E-state index >= 15 is 0 Å². The number of nitrogens with zero attached hydrogens (tertiary/aromatic N) is 2. The zero-order valence-electron chi connectivity index (χ0n) is 17.6. The Labute approximate surface area is 178 Å². The van der Waals surface area contributed by atoms with Gasteiger partial charge in [0.1, 0.15) is 5.75 Å². The molecule has 0 saturated carbocycles. The molecule has 0 bridgehead atoms. The molecule has 156 valence electrons. The van der Waals surface area contributed by atoms with Gasteiger partial charge < -0.3 is 14.9 Å². The third kappa shape index (κ3) is 5.10. The molecule has 1 N–H and O–H groups in total. The van der Waals surface area contributed by atoms with Crippen molar-refractivity contribution >= 4 is 21.8 Å². The highest BCUT2D eigenvalue weighted by molar-refractivity contribution is 9.10. The standard InChI is InChI=1S/C23H35BrN2O2/c1-4-23(3)9-13-25(14-10-23)19-7-11-26(12-8-19)22(28)17(2)15-18-5-6-21(27)20(24)16-18/h5-6,16-17,19,27H,4,7-15H2,1-3H3/t17-/m1/s1. The molecule has 3 rings (SSSR count). The van der Waals surface area contributed by atoms with Gasteiger partial charge in [0, 0.05) is 25.0 Å². The molecule has 4 nitrogen and oxygen atoms in total. The molecule has 0 radical (unpaired) electrons. The third-order valence-electron chi connectivity index (χ3n) is 7.13. The number of hydrogen-bond donors (Lipinski definition) is 1. The molecule has 1 atom stereocenters. The number of hydrogen-bond acceptors (Lipinski definition) is 3. The van der Waals surface area contributed by atoms with E-state index in [9.17, 15) is 9.90 Å². The van der Waals surface area contributed by atoms with Crippen LogP contribution in [-0.2, 0) is 11.2 Å². The third-order valence-corrected chi connectivity index (χ3v) is 7.76. The Kier molecular flexibility index (Phi) is 7.08. The molecule has 2 heterocycles. The van der Waals surface area contributed by atoms with Crippen molar-refractivity contribution in [3.63, 3.8) is 0 Å². The van der Waals surface area contributed by atoms with Gasteiger partial charge in [0.05, 0.1) is 4.47 Å². The van der Waals surface area contributed by atoms with E-state index in [4.69, 9.17) is 0 Å². The van der Waals surface area contributed by atoms with Gasteiger partial charge in [0.25, 0.3) is 0 Å². The summed E-state index contributed by atoms with van der Waals surface area (Å²) in [4.78, 5) is 17.7. The fourth-order valence-electron chi connectivity index (χ4n) is 4.66. The molecule has 0 aliphatic carbocycles. The van der Waals surface area contributed by atoms with E-state index in [1.54, 1.807) is 6.07 Å². The molecule has 2 aliphatic heterocycles. The maximum Gasteiger partial charge on any atom is 0.225 e. The van der Waals surface area contributed by atoms with E-state index in [0.717, 1.165) is 31.5 Å². The average molecular weight is 451 g/mol. The summed E-state index contributed by atoms with van der Waals surface area (Å²) in [5.41, 5.74) is 1.61. The molecule has 0 aromatic heterocycles. The number of likely N-dealkylation sites (tertiary alicyclic amines) is 2. The lowest BCUT2D eigenvalue weighted by Gasteiger charge is -2.45. The highest BCUT2D eigenvalue weighted by Gasteiger charge is 2.34. The van der Waals surface area contributed by atoms with Crippen LogP contribution in [0, 0.1) is 11.3 Å². The van der Waals surface area contributed by atoms with E-state index in [-0.39, 0.29) is 17.6 Å². The lowest BCUT2D eigenvalue weighted by Crippen LogP contribution is -2.51. The van der Waals surface area contributed by atoms with Gasteiger partial charge in [-0.05, 0) is 84.2 Å². The van der Waals surface area contributed by atoms with Gasteiger partial charge in [-0.3, -0.25) is 4.79 Å². The van der Waals surface area contributed by atoms with Crippen LogP contribution in [0.3, 0.4) is 0 Å². The summed E-state index contributed by atoms with van der Waals surface area (Å²) in [6.07, 6.45) is 6.81. The predicted molar refractivity (Wildman–Crippen MR) is 117 cm³/mol. The fourth-order valence-corrected chi connectivity index (χ4v) is 5.09. The summed E-state index contributed by atoms with van der Waals surface area (Å²) >= 11 is 3.36. The van der Waals surface area contributed by atoms with Crippen molar-refractivity contribution in [2.45, 2.75) is 65.3 Å². The number of phenols is 1. The number of rotatable bonds is 5. The minimum atomic E-state index is -0.0340. The number of aromatic hydroxyl groups is 1. The van der Waals surface area contributed by atoms with Crippen molar-refractivity contribution in [2.75, 3.05) is 26.2 Å². The number of carbonyl (C=O) groups excluding carboxylic acids is 1. The number of piperidine rings is 2. The van der Waals surface area contributed by atoms with Crippen LogP contribution in [-0.4, -0.2) is 53.0 Å². The van der Waals surface area contributed by atoms with E-state index < -0.39 is 0 Å². The molecule has 0 unspecified atom stereocenters. The molecule has 1 aromatic carbocycles. The Morgan fingerprint density at radius 3 is 2.46 bits per heavy atom. The Bertz CT molecular complexity index is 677. The molecule has 2 aliphatic rings. The molecule has 0 spiro atoms. The Hall–Kier alpha value is -1.07. The van der Waals surface area contributed by atoms with Crippen LogP contribution in [0.1, 0.15) is 58.4 Å². The van der Waals surface area contributed by atoms with E-state index in [1.165, 1.54) is 32.4 Å². The summed E-state index contributed by atoms with van der Waals surface area (Å²) in [5, 5.41) is 9.64. The highest BCUT2D eigenvalue weighted by Crippen LogP contribution is 2.35. The molecular weight excluding hydrogens is 416 g/mol. The van der Waals surface area contributed by atoms with Crippen LogP contribution in [0.15, 0.2) is 22.7 Å². The van der Waals surface area contributed by atoms with Gasteiger partial charge in [-0.25, -0.2) is 0 Å². The minimum Gasteiger partial charge on any atom is -0.507 e. The van der Waals surface area contributed by atoms with Crippen LogP contribution in [0.25, 0.3) is 0 Å². The molecule has 5 heteroatoms. The lowest BCUT2D eigenvalue weighted by molar-refractivity contribution is -0.136. The summed E-state index contributed by atoms with van der Waals surface area (Å²) in [7, 11) is 0. The monoisotopic (exact) mass is 450 g/mol. The van der Waals surface area contributed by atoms with Crippen molar-refractivity contribution < 1.29 is 9.90 Å². The Balaban J connectivity index is 1.47. The van der Waals surface area contributed by atoms with Crippen LogP contribution in [0.5, 0.6) is 5.75 Å². The van der Waals surface area contributed by atoms with Crippen LogP contribution < -0.4 is 0 Å². The second-order valence-corrected chi connectivity index (χ2v) is 10.0. The number of carbonyl (C=O) groups is 1. The van der Waals surface area contributed by atoms with Gasteiger partial charge in [-0.2, -0.15) is 0 Å².